The van der Waals surface area contributed by atoms with E-state index < -0.39 is 0 Å². The van der Waals surface area contributed by atoms with E-state index in [4.69, 9.17) is 11.6 Å². The average Bonchev–Trinajstić information content (AvgIpc) is 2.92. The highest BCUT2D eigenvalue weighted by Gasteiger charge is 2.25. The number of pyridine rings is 1. The van der Waals surface area contributed by atoms with Gasteiger partial charge in [-0.2, -0.15) is 0 Å². The first-order chi connectivity index (χ1) is 9.36. The van der Waals surface area contributed by atoms with Gasteiger partial charge in [-0.3, -0.25) is 4.98 Å². The average molecular weight is 275 g/mol. The third-order valence-corrected chi connectivity index (χ3v) is 4.49. The molecule has 2 unspecified atom stereocenters. The molecule has 0 amide bonds. The maximum Gasteiger partial charge on any atom is 0.0702 e. The Hall–Kier alpha value is -1.12. The highest BCUT2D eigenvalue weighted by molar-refractivity contribution is 6.18. The van der Waals surface area contributed by atoms with Crippen LogP contribution in [-0.2, 0) is 6.54 Å². The molecule has 100 valence electrons. The quantitative estimate of drug-likeness (QED) is 0.860. The molecule has 2 nitrogen and oxygen atoms in total. The Kier molecular flexibility index (Phi) is 4.00. The topological polar surface area (TPSA) is 24.9 Å². The highest BCUT2D eigenvalue weighted by atomic mass is 35.5. The summed E-state index contributed by atoms with van der Waals surface area (Å²) in [5.74, 6) is 1.42. The molecule has 2 atom stereocenters. The molecular weight excluding hydrogens is 256 g/mol. The van der Waals surface area contributed by atoms with Crippen molar-refractivity contribution in [2.24, 2.45) is 5.92 Å². The van der Waals surface area contributed by atoms with E-state index in [1.165, 1.54) is 30.2 Å². The fourth-order valence-electron chi connectivity index (χ4n) is 2.97. The Balaban J connectivity index is 1.68. The normalized spacial score (nSPS) is 23.0. The van der Waals surface area contributed by atoms with Gasteiger partial charge in [-0.05, 0) is 42.5 Å². The monoisotopic (exact) mass is 274 g/mol. The lowest BCUT2D eigenvalue weighted by Gasteiger charge is -2.19. The first-order valence-corrected chi connectivity index (χ1v) is 7.53. The Morgan fingerprint density at radius 2 is 2.21 bits per heavy atom. The van der Waals surface area contributed by atoms with E-state index in [1.54, 1.807) is 0 Å². The maximum absolute atomic E-state index is 6.01. The third kappa shape index (κ3) is 2.90. The lowest BCUT2D eigenvalue weighted by Crippen LogP contribution is -2.32. The van der Waals surface area contributed by atoms with Crippen molar-refractivity contribution >= 4 is 22.5 Å². The summed E-state index contributed by atoms with van der Waals surface area (Å²) in [4.78, 5) is 4.35. The minimum Gasteiger partial charge on any atom is -0.310 e. The van der Waals surface area contributed by atoms with Crippen LogP contribution in [0.25, 0.3) is 10.9 Å². The lowest BCUT2D eigenvalue weighted by molar-refractivity contribution is 0.430. The Morgan fingerprint density at radius 1 is 1.26 bits per heavy atom. The van der Waals surface area contributed by atoms with Crippen molar-refractivity contribution in [1.82, 2.24) is 10.3 Å². The van der Waals surface area contributed by atoms with Crippen LogP contribution in [0, 0.1) is 5.92 Å². The number of halogens is 1. The van der Waals surface area contributed by atoms with Crippen molar-refractivity contribution in [2.75, 3.05) is 5.88 Å². The van der Waals surface area contributed by atoms with E-state index in [-0.39, 0.29) is 0 Å². The maximum atomic E-state index is 6.01. The molecular formula is C16H19ClN2. The predicted octanol–water partition coefficient (Wildman–Crippen LogP) is 3.73. The number of nitrogens with zero attached hydrogens (tertiary/aromatic N) is 1. The summed E-state index contributed by atoms with van der Waals surface area (Å²) in [6.07, 6.45) is 5.66. The molecule has 1 aliphatic carbocycles. The molecule has 1 saturated carbocycles. The van der Waals surface area contributed by atoms with Crippen LogP contribution in [-0.4, -0.2) is 16.9 Å². The molecule has 1 heterocycles. The summed E-state index contributed by atoms with van der Waals surface area (Å²) in [6, 6.07) is 11.2. The van der Waals surface area contributed by atoms with E-state index in [0.29, 0.717) is 12.0 Å². The summed E-state index contributed by atoms with van der Waals surface area (Å²) in [7, 11) is 0. The molecule has 1 aromatic heterocycles. The smallest absolute Gasteiger partial charge is 0.0702 e. The van der Waals surface area contributed by atoms with E-state index in [2.05, 4.69) is 34.6 Å². The van der Waals surface area contributed by atoms with E-state index >= 15 is 0 Å². The molecule has 0 spiro atoms. The van der Waals surface area contributed by atoms with Crippen LogP contribution < -0.4 is 5.32 Å². The van der Waals surface area contributed by atoms with Gasteiger partial charge in [0.2, 0.25) is 0 Å². The van der Waals surface area contributed by atoms with Crippen LogP contribution in [0.15, 0.2) is 36.5 Å². The van der Waals surface area contributed by atoms with Crippen molar-refractivity contribution in [3.05, 3.63) is 42.1 Å². The van der Waals surface area contributed by atoms with Gasteiger partial charge in [0.15, 0.2) is 0 Å². The zero-order chi connectivity index (χ0) is 13.1. The number of aromatic nitrogens is 1. The van der Waals surface area contributed by atoms with Crippen LogP contribution >= 0.6 is 11.6 Å². The van der Waals surface area contributed by atoms with Crippen LogP contribution in [0.1, 0.15) is 24.8 Å². The van der Waals surface area contributed by atoms with Gasteiger partial charge in [0.05, 0.1) is 5.52 Å². The zero-order valence-electron chi connectivity index (χ0n) is 11.0. The number of alkyl halides is 1. The number of nitrogens with one attached hydrogen (secondary N) is 1. The van der Waals surface area contributed by atoms with Crippen LogP contribution in [0.4, 0.5) is 0 Å². The second kappa shape index (κ2) is 5.89. The van der Waals surface area contributed by atoms with Gasteiger partial charge >= 0.3 is 0 Å². The molecule has 0 radical (unpaired) electrons. The molecule has 3 rings (SSSR count). The van der Waals surface area contributed by atoms with Gasteiger partial charge in [-0.25, -0.2) is 0 Å². The van der Waals surface area contributed by atoms with Crippen LogP contribution in [0.3, 0.4) is 0 Å². The molecule has 1 aliphatic rings. The highest BCUT2D eigenvalue weighted by Crippen LogP contribution is 2.27. The first kappa shape index (κ1) is 12.9. The van der Waals surface area contributed by atoms with Crippen LogP contribution in [0.5, 0.6) is 0 Å². The third-order valence-electron chi connectivity index (χ3n) is 4.09. The number of rotatable bonds is 4. The SMILES string of the molecule is ClCC1CCCC1NCc1ccc2ncccc2c1. The van der Waals surface area contributed by atoms with Crippen molar-refractivity contribution in [3.8, 4) is 0 Å². The van der Waals surface area contributed by atoms with E-state index in [9.17, 15) is 0 Å². The summed E-state index contributed by atoms with van der Waals surface area (Å²) in [5, 5.41) is 4.87. The molecule has 0 bridgehead atoms. The summed E-state index contributed by atoms with van der Waals surface area (Å²) in [5.41, 5.74) is 2.38. The minimum atomic E-state index is 0.585. The van der Waals surface area contributed by atoms with E-state index in [1.807, 2.05) is 12.3 Å². The van der Waals surface area contributed by atoms with Crippen molar-refractivity contribution in [1.29, 1.82) is 0 Å². The van der Waals surface area contributed by atoms with E-state index in [0.717, 1.165) is 17.9 Å². The van der Waals surface area contributed by atoms with Crippen LogP contribution in [0.2, 0.25) is 0 Å². The van der Waals surface area contributed by atoms with Gasteiger partial charge in [0, 0.05) is 30.0 Å². The molecule has 3 heteroatoms. The number of hydrogen-bond acceptors (Lipinski definition) is 2. The predicted molar refractivity (Wildman–Crippen MR) is 80.4 cm³/mol. The fourth-order valence-corrected chi connectivity index (χ4v) is 3.34. The number of fused-ring (bicyclic) bond motifs is 1. The Labute approximate surface area is 119 Å². The van der Waals surface area contributed by atoms with Gasteiger partial charge in [-0.1, -0.05) is 18.6 Å². The second-order valence-corrected chi connectivity index (χ2v) is 5.67. The largest absolute Gasteiger partial charge is 0.310 e. The molecule has 0 aliphatic heterocycles. The molecule has 1 fully saturated rings. The molecule has 1 N–H and O–H groups in total. The fraction of sp³-hybridized carbons (Fsp3) is 0.438. The second-order valence-electron chi connectivity index (χ2n) is 5.36. The minimum absolute atomic E-state index is 0.585. The summed E-state index contributed by atoms with van der Waals surface area (Å²) >= 11 is 6.01. The van der Waals surface area contributed by atoms with Crippen molar-refractivity contribution in [3.63, 3.8) is 0 Å². The van der Waals surface area contributed by atoms with Gasteiger partial charge in [-0.15, -0.1) is 11.6 Å². The molecule has 0 saturated heterocycles. The van der Waals surface area contributed by atoms with Gasteiger partial charge < -0.3 is 5.32 Å². The van der Waals surface area contributed by atoms with Crippen molar-refractivity contribution in [2.45, 2.75) is 31.8 Å². The molecule has 19 heavy (non-hydrogen) atoms. The summed E-state index contributed by atoms with van der Waals surface area (Å²) in [6.45, 7) is 0.920. The molecule has 1 aromatic carbocycles. The Bertz CT molecular complexity index is 555. The number of hydrogen-bond donors (Lipinski definition) is 1. The molecule has 2 aromatic rings. The standard InChI is InChI=1S/C16H19ClN2/c17-10-14-3-1-5-15(14)19-11-12-6-7-16-13(9-12)4-2-8-18-16/h2,4,6-9,14-15,19H,1,3,5,10-11H2. The van der Waals surface area contributed by atoms with Gasteiger partial charge in [0.25, 0.3) is 0 Å². The lowest BCUT2D eigenvalue weighted by atomic mass is 10.1. The number of benzene rings is 1. The first-order valence-electron chi connectivity index (χ1n) is 7.00. The Morgan fingerprint density at radius 3 is 3.11 bits per heavy atom. The summed E-state index contributed by atoms with van der Waals surface area (Å²) < 4.78 is 0. The zero-order valence-corrected chi connectivity index (χ0v) is 11.7. The van der Waals surface area contributed by atoms with Gasteiger partial charge in [0.1, 0.15) is 0 Å². The van der Waals surface area contributed by atoms with Crippen molar-refractivity contribution < 1.29 is 0 Å².